The fourth-order valence-electron chi connectivity index (χ4n) is 2.72. The molecule has 2 N–H and O–H groups in total. The Morgan fingerprint density at radius 3 is 2.87 bits per heavy atom. The van der Waals surface area contributed by atoms with Gasteiger partial charge >= 0.3 is 0 Å². The summed E-state index contributed by atoms with van der Waals surface area (Å²) in [5.41, 5.74) is 1.92. The molecule has 1 fully saturated rings. The van der Waals surface area contributed by atoms with E-state index in [2.05, 4.69) is 15.6 Å². The van der Waals surface area contributed by atoms with Crippen molar-refractivity contribution in [3.8, 4) is 0 Å². The van der Waals surface area contributed by atoms with Gasteiger partial charge in [0.1, 0.15) is 0 Å². The van der Waals surface area contributed by atoms with Gasteiger partial charge in [-0.3, -0.25) is 9.30 Å². The average Bonchev–Trinajstić information content (AvgIpc) is 3.22. The molecular formula is C16H24N4O2S. The van der Waals surface area contributed by atoms with Crippen molar-refractivity contribution < 1.29 is 8.42 Å². The number of nitrogens with zero attached hydrogens (tertiary/aromatic N) is 2. The van der Waals surface area contributed by atoms with E-state index in [0.29, 0.717) is 18.5 Å². The highest BCUT2D eigenvalue weighted by Crippen LogP contribution is 2.29. The van der Waals surface area contributed by atoms with Gasteiger partial charge in [0, 0.05) is 19.1 Å². The summed E-state index contributed by atoms with van der Waals surface area (Å²) in [5.74, 6) is 0.745. The third kappa shape index (κ3) is 3.96. The van der Waals surface area contributed by atoms with Gasteiger partial charge in [0.15, 0.2) is 5.96 Å². The number of anilines is 1. The van der Waals surface area contributed by atoms with Gasteiger partial charge < -0.3 is 10.6 Å². The van der Waals surface area contributed by atoms with Crippen LogP contribution in [0.3, 0.4) is 0 Å². The number of benzene rings is 1. The van der Waals surface area contributed by atoms with Crippen LogP contribution in [0.15, 0.2) is 29.3 Å². The molecule has 2 aliphatic rings. The molecule has 1 aromatic rings. The highest BCUT2D eigenvalue weighted by molar-refractivity contribution is 7.92. The van der Waals surface area contributed by atoms with Crippen molar-refractivity contribution in [1.29, 1.82) is 0 Å². The number of para-hydroxylation sites is 1. The van der Waals surface area contributed by atoms with Crippen LogP contribution < -0.4 is 14.9 Å². The minimum absolute atomic E-state index is 0.0303. The summed E-state index contributed by atoms with van der Waals surface area (Å²) >= 11 is 0. The second-order valence-electron chi connectivity index (χ2n) is 5.95. The number of hydrogen-bond donors (Lipinski definition) is 2. The second-order valence-corrected chi connectivity index (χ2v) is 7.96. The lowest BCUT2D eigenvalue weighted by molar-refractivity contribution is 0.592. The Morgan fingerprint density at radius 1 is 1.35 bits per heavy atom. The van der Waals surface area contributed by atoms with Gasteiger partial charge in [-0.2, -0.15) is 0 Å². The molecule has 1 aliphatic heterocycles. The molecule has 0 bridgehead atoms. The number of guanidine groups is 1. The molecule has 6 nitrogen and oxygen atoms in total. The standard InChI is InChI=1S/C16H24N4O2S/c1-2-17-16(19-14-7-8-14)18-10-12-23(21,22)20-11-9-13-5-3-4-6-15(13)20/h3-6,14H,2,7-12H2,1H3,(H2,17,18,19). The number of hydrogen-bond acceptors (Lipinski definition) is 3. The van der Waals surface area contributed by atoms with Crippen molar-refractivity contribution >= 4 is 21.7 Å². The Bertz CT molecular complexity index is 683. The van der Waals surface area contributed by atoms with Gasteiger partial charge in [-0.1, -0.05) is 18.2 Å². The van der Waals surface area contributed by atoms with Crippen molar-refractivity contribution in [2.24, 2.45) is 4.99 Å². The predicted octanol–water partition coefficient (Wildman–Crippen LogP) is 1.10. The van der Waals surface area contributed by atoms with E-state index in [9.17, 15) is 8.42 Å². The third-order valence-electron chi connectivity index (χ3n) is 4.06. The molecule has 0 atom stereocenters. The van der Waals surface area contributed by atoms with E-state index in [1.165, 1.54) is 4.31 Å². The van der Waals surface area contributed by atoms with Gasteiger partial charge in [0.25, 0.3) is 0 Å². The van der Waals surface area contributed by atoms with Crippen LogP contribution >= 0.6 is 0 Å². The summed E-state index contributed by atoms with van der Waals surface area (Å²) < 4.78 is 26.7. The smallest absolute Gasteiger partial charge is 0.237 e. The van der Waals surface area contributed by atoms with Crippen LogP contribution in [0, 0.1) is 0 Å². The molecule has 1 heterocycles. The van der Waals surface area contributed by atoms with Crippen molar-refractivity contribution in [2.75, 3.05) is 29.7 Å². The molecule has 1 aliphatic carbocycles. The van der Waals surface area contributed by atoms with Crippen LogP contribution in [0.4, 0.5) is 5.69 Å². The molecular weight excluding hydrogens is 312 g/mol. The van der Waals surface area contributed by atoms with E-state index < -0.39 is 10.0 Å². The first kappa shape index (κ1) is 16.1. The Kier molecular flexibility index (Phi) is 4.75. The lowest BCUT2D eigenvalue weighted by Gasteiger charge is -2.19. The zero-order valence-electron chi connectivity index (χ0n) is 13.5. The van der Waals surface area contributed by atoms with Gasteiger partial charge in [-0.05, 0) is 37.8 Å². The largest absolute Gasteiger partial charge is 0.357 e. The van der Waals surface area contributed by atoms with Crippen molar-refractivity contribution in [3.63, 3.8) is 0 Å². The Hall–Kier alpha value is -1.76. The molecule has 0 aromatic heterocycles. The fraction of sp³-hybridized carbons (Fsp3) is 0.562. The van der Waals surface area contributed by atoms with E-state index in [0.717, 1.165) is 37.1 Å². The highest BCUT2D eigenvalue weighted by Gasteiger charge is 2.28. The molecule has 126 valence electrons. The Morgan fingerprint density at radius 2 is 2.13 bits per heavy atom. The van der Waals surface area contributed by atoms with Gasteiger partial charge in [0.05, 0.1) is 18.0 Å². The number of nitrogens with one attached hydrogen (secondary N) is 2. The molecule has 0 saturated heterocycles. The van der Waals surface area contributed by atoms with E-state index in [1.807, 2.05) is 31.2 Å². The van der Waals surface area contributed by atoms with Gasteiger partial charge in [-0.25, -0.2) is 8.42 Å². The number of sulfonamides is 1. The van der Waals surface area contributed by atoms with E-state index >= 15 is 0 Å². The average molecular weight is 336 g/mol. The topological polar surface area (TPSA) is 73.8 Å². The highest BCUT2D eigenvalue weighted by atomic mass is 32.2. The summed E-state index contributed by atoms with van der Waals surface area (Å²) in [4.78, 5) is 4.39. The Balaban J connectivity index is 1.62. The van der Waals surface area contributed by atoms with Crippen LogP contribution in [0.5, 0.6) is 0 Å². The molecule has 0 spiro atoms. The Labute approximate surface area is 138 Å². The van der Waals surface area contributed by atoms with Crippen molar-refractivity contribution in [3.05, 3.63) is 29.8 Å². The van der Waals surface area contributed by atoms with Crippen LogP contribution in [-0.2, 0) is 16.4 Å². The quantitative estimate of drug-likeness (QED) is 0.603. The van der Waals surface area contributed by atoms with Crippen LogP contribution in [-0.4, -0.2) is 45.8 Å². The molecule has 1 aromatic carbocycles. The lowest BCUT2D eigenvalue weighted by atomic mass is 10.2. The SMILES string of the molecule is CCNC(=NCCS(=O)(=O)N1CCc2ccccc21)NC1CC1. The lowest BCUT2D eigenvalue weighted by Crippen LogP contribution is -2.39. The molecule has 23 heavy (non-hydrogen) atoms. The number of rotatable bonds is 6. The van der Waals surface area contributed by atoms with Crippen molar-refractivity contribution in [1.82, 2.24) is 10.6 Å². The number of fused-ring (bicyclic) bond motifs is 1. The van der Waals surface area contributed by atoms with Crippen LogP contribution in [0.2, 0.25) is 0 Å². The van der Waals surface area contributed by atoms with Gasteiger partial charge in [-0.15, -0.1) is 0 Å². The first-order valence-electron chi connectivity index (χ1n) is 8.23. The maximum absolute atomic E-state index is 12.6. The monoisotopic (exact) mass is 336 g/mol. The summed E-state index contributed by atoms with van der Waals surface area (Å²) in [6.45, 7) is 3.57. The summed E-state index contributed by atoms with van der Waals surface area (Å²) in [6.07, 6.45) is 3.10. The first-order valence-corrected chi connectivity index (χ1v) is 9.84. The molecule has 0 amide bonds. The zero-order chi connectivity index (χ0) is 16.3. The van der Waals surface area contributed by atoms with Crippen LogP contribution in [0.25, 0.3) is 0 Å². The van der Waals surface area contributed by atoms with E-state index in [1.54, 1.807) is 0 Å². The summed E-state index contributed by atoms with van der Waals surface area (Å²) in [5, 5.41) is 6.45. The van der Waals surface area contributed by atoms with Crippen molar-refractivity contribution in [2.45, 2.75) is 32.2 Å². The fourth-order valence-corrected chi connectivity index (χ4v) is 4.11. The molecule has 1 saturated carbocycles. The molecule has 0 unspecified atom stereocenters. The molecule has 7 heteroatoms. The predicted molar refractivity (Wildman–Crippen MR) is 93.4 cm³/mol. The minimum atomic E-state index is -3.33. The minimum Gasteiger partial charge on any atom is -0.357 e. The molecule has 3 rings (SSSR count). The van der Waals surface area contributed by atoms with Gasteiger partial charge in [0.2, 0.25) is 10.0 Å². The third-order valence-corrected chi connectivity index (χ3v) is 5.81. The summed E-state index contributed by atoms with van der Waals surface area (Å²) in [7, 11) is -3.33. The zero-order valence-corrected chi connectivity index (χ0v) is 14.3. The van der Waals surface area contributed by atoms with E-state index in [4.69, 9.17) is 0 Å². The maximum atomic E-state index is 12.6. The normalized spacial score (nSPS) is 18.0. The van der Waals surface area contributed by atoms with Crippen LogP contribution in [0.1, 0.15) is 25.3 Å². The second kappa shape index (κ2) is 6.78. The molecule has 0 radical (unpaired) electrons. The van der Waals surface area contributed by atoms with E-state index in [-0.39, 0.29) is 12.3 Å². The first-order chi connectivity index (χ1) is 11.1. The number of aliphatic imine (C=N–C) groups is 1. The maximum Gasteiger partial charge on any atom is 0.237 e. The summed E-state index contributed by atoms with van der Waals surface area (Å²) in [6, 6.07) is 8.20.